The molecule has 26 heavy (non-hydrogen) atoms. The monoisotopic (exact) mass is 411 g/mol. The Balaban J connectivity index is -0.000000497. The molecule has 0 saturated carbocycles. The van der Waals surface area contributed by atoms with Crippen molar-refractivity contribution >= 4 is 18.2 Å². The maximum atomic E-state index is 11.0. The number of aldehydes is 1. The average molecular weight is 411 g/mol. The molecule has 1 rings (SSSR count). The van der Waals surface area contributed by atoms with Crippen molar-refractivity contribution < 1.29 is 46.5 Å². The van der Waals surface area contributed by atoms with Crippen molar-refractivity contribution in [2.45, 2.75) is 66.2 Å². The standard InChI is InChI=1S/C15H22O2.2C2H4O2.Co/c1-14(2,3)11-7-10(9-16)13(17)12(8-11)15(4,5)6;2*1-2(3)4;/h7-9,17H,1-6H3;2*1H3,(H,3,4);/q;;;+2/p-2. The third-order valence-electron chi connectivity index (χ3n) is 2.94. The van der Waals surface area contributed by atoms with Crippen LogP contribution >= 0.6 is 0 Å². The first-order chi connectivity index (χ1) is 11.0. The Bertz CT molecular complexity index is 590. The van der Waals surface area contributed by atoms with E-state index in [0.29, 0.717) is 5.56 Å². The second-order valence-electron chi connectivity index (χ2n) is 7.56. The summed E-state index contributed by atoms with van der Waals surface area (Å²) in [7, 11) is 0. The number of carboxylic acid groups (broad SMARTS) is 2. The van der Waals surface area contributed by atoms with Crippen LogP contribution in [0, 0.1) is 0 Å². The SMILES string of the molecule is CC(=O)[O-].CC(=O)[O-].CC(C)(C)c1cc(C=O)c(O)c(C(C)(C)C)c1.[Co+2]. The van der Waals surface area contributed by atoms with Gasteiger partial charge in [0, 0.05) is 17.5 Å². The predicted octanol–water partition coefficient (Wildman–Crippen LogP) is 1.31. The van der Waals surface area contributed by atoms with E-state index in [1.54, 1.807) is 6.07 Å². The fraction of sp³-hybridized carbons (Fsp3) is 0.526. The summed E-state index contributed by atoms with van der Waals surface area (Å²) in [5.41, 5.74) is 2.06. The Morgan fingerprint density at radius 1 is 0.923 bits per heavy atom. The van der Waals surface area contributed by atoms with Gasteiger partial charge in [-0.25, -0.2) is 0 Å². The number of rotatable bonds is 1. The molecular formula is C19H28CoO6. The first kappa shape index (κ1) is 28.9. The number of carboxylic acids is 2. The van der Waals surface area contributed by atoms with Crippen LogP contribution in [-0.2, 0) is 37.2 Å². The van der Waals surface area contributed by atoms with E-state index in [1.165, 1.54) is 0 Å². The Hall–Kier alpha value is -1.86. The molecule has 1 aromatic carbocycles. The van der Waals surface area contributed by atoms with E-state index in [1.807, 2.05) is 26.8 Å². The second kappa shape index (κ2) is 11.7. The van der Waals surface area contributed by atoms with Crippen LogP contribution in [0.5, 0.6) is 5.75 Å². The molecule has 149 valence electrons. The zero-order valence-corrected chi connectivity index (χ0v) is 17.6. The second-order valence-corrected chi connectivity index (χ2v) is 7.56. The van der Waals surface area contributed by atoms with Crippen LogP contribution in [0.4, 0.5) is 0 Å². The topological polar surface area (TPSA) is 118 Å². The fourth-order valence-corrected chi connectivity index (χ4v) is 1.75. The van der Waals surface area contributed by atoms with E-state index in [0.717, 1.165) is 31.3 Å². The summed E-state index contributed by atoms with van der Waals surface area (Å²) in [6, 6.07) is 3.78. The normalized spacial score (nSPS) is 10.2. The van der Waals surface area contributed by atoms with Crippen LogP contribution in [0.3, 0.4) is 0 Å². The maximum Gasteiger partial charge on any atom is 2.00 e. The molecule has 1 radical (unpaired) electrons. The molecule has 7 heteroatoms. The van der Waals surface area contributed by atoms with Gasteiger partial charge < -0.3 is 24.9 Å². The Labute approximate surface area is 165 Å². The molecule has 0 atom stereocenters. The van der Waals surface area contributed by atoms with Gasteiger partial charge in [-0.2, -0.15) is 0 Å². The van der Waals surface area contributed by atoms with Gasteiger partial charge in [-0.3, -0.25) is 4.79 Å². The molecule has 0 fully saturated rings. The summed E-state index contributed by atoms with van der Waals surface area (Å²) >= 11 is 0. The quantitative estimate of drug-likeness (QED) is 0.697. The third kappa shape index (κ3) is 12.5. The minimum absolute atomic E-state index is 0. The Kier molecular flexibility index (Phi) is 13.0. The number of carbonyl (C=O) groups is 3. The molecular weight excluding hydrogens is 383 g/mol. The van der Waals surface area contributed by atoms with Gasteiger partial charge in [-0.1, -0.05) is 47.6 Å². The molecule has 0 saturated heterocycles. The summed E-state index contributed by atoms with van der Waals surface area (Å²) < 4.78 is 0. The van der Waals surface area contributed by atoms with Gasteiger partial charge in [-0.15, -0.1) is 0 Å². The van der Waals surface area contributed by atoms with Gasteiger partial charge in [0.2, 0.25) is 0 Å². The molecule has 0 heterocycles. The van der Waals surface area contributed by atoms with Crippen molar-refractivity contribution in [3.8, 4) is 5.75 Å². The number of phenolic OH excluding ortho intramolecular Hbond substituents is 1. The van der Waals surface area contributed by atoms with Crippen molar-refractivity contribution in [1.29, 1.82) is 0 Å². The first-order valence-electron chi connectivity index (χ1n) is 7.72. The predicted molar refractivity (Wildman–Crippen MR) is 92.3 cm³/mol. The van der Waals surface area contributed by atoms with E-state index < -0.39 is 11.9 Å². The molecule has 1 aromatic rings. The number of carbonyl (C=O) groups excluding carboxylic acids is 3. The maximum absolute atomic E-state index is 11.0. The van der Waals surface area contributed by atoms with Crippen molar-refractivity contribution in [3.63, 3.8) is 0 Å². The molecule has 6 nitrogen and oxygen atoms in total. The summed E-state index contributed by atoms with van der Waals surface area (Å²) in [4.78, 5) is 28.8. The van der Waals surface area contributed by atoms with E-state index in [-0.39, 0.29) is 33.4 Å². The number of benzene rings is 1. The van der Waals surface area contributed by atoms with E-state index in [2.05, 4.69) is 20.8 Å². The van der Waals surface area contributed by atoms with Crippen LogP contribution in [0.2, 0.25) is 0 Å². The molecule has 0 aromatic heterocycles. The molecule has 0 aliphatic rings. The van der Waals surface area contributed by atoms with Crippen molar-refractivity contribution in [1.82, 2.24) is 0 Å². The van der Waals surface area contributed by atoms with Gasteiger partial charge in [0.25, 0.3) is 0 Å². The largest absolute Gasteiger partial charge is 2.00 e. The molecule has 0 amide bonds. The summed E-state index contributed by atoms with van der Waals surface area (Å²) in [6.45, 7) is 14.3. The van der Waals surface area contributed by atoms with E-state index in [9.17, 15) is 9.90 Å². The zero-order valence-electron chi connectivity index (χ0n) is 16.6. The molecule has 1 N–H and O–H groups in total. The van der Waals surface area contributed by atoms with Crippen molar-refractivity contribution in [3.05, 3.63) is 28.8 Å². The number of hydrogen-bond donors (Lipinski definition) is 1. The van der Waals surface area contributed by atoms with Gasteiger partial charge in [-0.05, 0) is 36.3 Å². The third-order valence-corrected chi connectivity index (χ3v) is 2.94. The van der Waals surface area contributed by atoms with Crippen LogP contribution in [0.25, 0.3) is 0 Å². The number of aromatic hydroxyl groups is 1. The van der Waals surface area contributed by atoms with Gasteiger partial charge >= 0.3 is 16.8 Å². The Morgan fingerprint density at radius 3 is 1.50 bits per heavy atom. The van der Waals surface area contributed by atoms with Gasteiger partial charge in [0.05, 0.1) is 5.56 Å². The molecule has 0 aliphatic carbocycles. The summed E-state index contributed by atoms with van der Waals surface area (Å²) in [6.07, 6.45) is 0.722. The van der Waals surface area contributed by atoms with E-state index >= 15 is 0 Å². The van der Waals surface area contributed by atoms with E-state index in [4.69, 9.17) is 19.8 Å². The van der Waals surface area contributed by atoms with Crippen LogP contribution in [0.15, 0.2) is 12.1 Å². The minimum atomic E-state index is -1.08. The smallest absolute Gasteiger partial charge is 0.550 e. The summed E-state index contributed by atoms with van der Waals surface area (Å²) in [5, 5.41) is 27.9. The fourth-order valence-electron chi connectivity index (χ4n) is 1.75. The molecule has 0 bridgehead atoms. The summed E-state index contributed by atoms with van der Waals surface area (Å²) in [5.74, 6) is -2.06. The average Bonchev–Trinajstić information content (AvgIpc) is 2.34. The van der Waals surface area contributed by atoms with Crippen LogP contribution < -0.4 is 10.2 Å². The number of phenols is 1. The number of hydrogen-bond acceptors (Lipinski definition) is 6. The molecule has 0 spiro atoms. The minimum Gasteiger partial charge on any atom is -0.550 e. The van der Waals surface area contributed by atoms with Gasteiger partial charge in [0.1, 0.15) is 5.75 Å². The van der Waals surface area contributed by atoms with Gasteiger partial charge in [0.15, 0.2) is 6.29 Å². The molecule has 0 aliphatic heterocycles. The number of aliphatic carboxylic acids is 2. The van der Waals surface area contributed by atoms with Crippen molar-refractivity contribution in [2.24, 2.45) is 0 Å². The van der Waals surface area contributed by atoms with Crippen LogP contribution in [-0.4, -0.2) is 23.3 Å². The first-order valence-corrected chi connectivity index (χ1v) is 7.72. The Morgan fingerprint density at radius 2 is 1.27 bits per heavy atom. The molecule has 0 unspecified atom stereocenters. The zero-order chi connectivity index (χ0) is 20.6. The van der Waals surface area contributed by atoms with Crippen LogP contribution in [0.1, 0.15) is 76.9 Å². The van der Waals surface area contributed by atoms with Crippen molar-refractivity contribution in [2.75, 3.05) is 0 Å².